The van der Waals surface area contributed by atoms with E-state index in [1.165, 1.54) is 70.6 Å². The van der Waals surface area contributed by atoms with Crippen LogP contribution in [0.5, 0.6) is 0 Å². The highest BCUT2D eigenvalue weighted by Crippen LogP contribution is 2.36. The molecule has 0 aromatic rings. The molecule has 20 heavy (non-hydrogen) atoms. The van der Waals surface area contributed by atoms with Crippen molar-refractivity contribution in [1.82, 2.24) is 5.32 Å². The molecule has 2 atom stereocenters. The monoisotopic (exact) mass is 283 g/mol. The summed E-state index contributed by atoms with van der Waals surface area (Å²) in [5.41, 5.74) is 0.0882. The quantitative estimate of drug-likeness (QED) is 0.606. The largest absolute Gasteiger partial charge is 0.377 e. The second-order valence-electron chi connectivity index (χ2n) is 6.68. The molecule has 0 amide bonds. The van der Waals surface area contributed by atoms with Crippen molar-refractivity contribution in [2.24, 2.45) is 5.92 Å². The Kier molecular flexibility index (Phi) is 8.79. The van der Waals surface area contributed by atoms with Crippen molar-refractivity contribution in [2.45, 2.75) is 96.1 Å². The first-order valence-corrected chi connectivity index (χ1v) is 8.94. The lowest BCUT2D eigenvalue weighted by atomic mass is 9.79. The number of nitrogens with one attached hydrogen (secondary N) is 1. The summed E-state index contributed by atoms with van der Waals surface area (Å²) in [6.45, 7) is 4.64. The summed E-state index contributed by atoms with van der Waals surface area (Å²) < 4.78 is 6.10. The highest BCUT2D eigenvalue weighted by atomic mass is 16.5. The molecule has 0 saturated heterocycles. The predicted octanol–water partition coefficient (Wildman–Crippen LogP) is 4.92. The van der Waals surface area contributed by atoms with Crippen molar-refractivity contribution in [3.8, 4) is 0 Å². The van der Waals surface area contributed by atoms with Crippen molar-refractivity contribution < 1.29 is 4.74 Å². The van der Waals surface area contributed by atoms with E-state index in [1.807, 2.05) is 7.11 Å². The summed E-state index contributed by atoms with van der Waals surface area (Å²) in [5, 5.41) is 3.61. The van der Waals surface area contributed by atoms with Crippen LogP contribution in [0.2, 0.25) is 0 Å². The number of likely N-dealkylation sites (N-methyl/N-ethyl adjacent to an activating group) is 1. The Balaban J connectivity index is 2.68. The second kappa shape index (κ2) is 9.78. The van der Waals surface area contributed by atoms with E-state index in [0.717, 1.165) is 5.92 Å². The van der Waals surface area contributed by atoms with Gasteiger partial charge >= 0.3 is 0 Å². The molecule has 0 aromatic heterocycles. The fourth-order valence-electron chi connectivity index (χ4n) is 3.93. The highest BCUT2D eigenvalue weighted by molar-refractivity contribution is 4.94. The molecule has 0 aromatic carbocycles. The molecule has 0 heterocycles. The zero-order chi connectivity index (χ0) is 14.8. The molecule has 1 aliphatic carbocycles. The van der Waals surface area contributed by atoms with Gasteiger partial charge in [-0.05, 0) is 32.2 Å². The number of hydrogen-bond acceptors (Lipinski definition) is 2. The van der Waals surface area contributed by atoms with E-state index in [4.69, 9.17) is 4.74 Å². The third kappa shape index (κ3) is 5.04. The first-order chi connectivity index (χ1) is 9.72. The maximum absolute atomic E-state index is 6.10. The van der Waals surface area contributed by atoms with Gasteiger partial charge in [-0.2, -0.15) is 0 Å². The van der Waals surface area contributed by atoms with Crippen LogP contribution in [0, 0.1) is 5.92 Å². The van der Waals surface area contributed by atoms with Gasteiger partial charge in [-0.25, -0.2) is 0 Å². The van der Waals surface area contributed by atoms with Gasteiger partial charge in [0.15, 0.2) is 0 Å². The average molecular weight is 284 g/mol. The molecule has 2 heteroatoms. The Bertz CT molecular complexity index is 234. The lowest BCUT2D eigenvalue weighted by Crippen LogP contribution is -2.51. The molecule has 1 rings (SSSR count). The van der Waals surface area contributed by atoms with Gasteiger partial charge in [0, 0.05) is 13.2 Å². The minimum atomic E-state index is 0.0882. The van der Waals surface area contributed by atoms with E-state index in [1.54, 1.807) is 0 Å². The van der Waals surface area contributed by atoms with Crippen LogP contribution in [0.1, 0.15) is 84.5 Å². The van der Waals surface area contributed by atoms with Crippen LogP contribution in [0.15, 0.2) is 0 Å². The molecule has 2 unspecified atom stereocenters. The predicted molar refractivity (Wildman–Crippen MR) is 88.2 cm³/mol. The van der Waals surface area contributed by atoms with Crippen LogP contribution in [0.25, 0.3) is 0 Å². The molecule has 0 spiro atoms. The second-order valence-corrected chi connectivity index (χ2v) is 6.68. The van der Waals surface area contributed by atoms with Gasteiger partial charge in [0.25, 0.3) is 0 Å². The van der Waals surface area contributed by atoms with Crippen LogP contribution in [-0.4, -0.2) is 25.8 Å². The first-order valence-electron chi connectivity index (χ1n) is 8.94. The van der Waals surface area contributed by atoms with E-state index in [9.17, 15) is 0 Å². The molecule has 1 fully saturated rings. The smallest absolute Gasteiger partial charge is 0.0830 e. The van der Waals surface area contributed by atoms with E-state index >= 15 is 0 Å². The molecule has 1 aliphatic rings. The Labute approximate surface area is 127 Å². The Morgan fingerprint density at radius 2 is 1.75 bits per heavy atom. The summed E-state index contributed by atoms with van der Waals surface area (Å²) in [6.07, 6.45) is 14.5. The molecule has 0 radical (unpaired) electrons. The minimum absolute atomic E-state index is 0.0882. The van der Waals surface area contributed by atoms with Gasteiger partial charge in [-0.1, -0.05) is 65.2 Å². The molecule has 2 nitrogen and oxygen atoms in total. The van der Waals surface area contributed by atoms with Gasteiger partial charge in [0.1, 0.15) is 0 Å². The summed E-state index contributed by atoms with van der Waals surface area (Å²) >= 11 is 0. The van der Waals surface area contributed by atoms with E-state index in [-0.39, 0.29) is 5.60 Å². The van der Waals surface area contributed by atoms with Crippen LogP contribution < -0.4 is 5.32 Å². The topological polar surface area (TPSA) is 21.3 Å². The SMILES string of the molecule is CCCCC(CC)CC(NC)C1(OC)CCCCCC1. The molecule has 0 aliphatic heterocycles. The lowest BCUT2D eigenvalue weighted by Gasteiger charge is -2.41. The summed E-state index contributed by atoms with van der Waals surface area (Å²) in [6, 6.07) is 0.521. The van der Waals surface area contributed by atoms with Crippen molar-refractivity contribution >= 4 is 0 Å². The fourth-order valence-corrected chi connectivity index (χ4v) is 3.93. The van der Waals surface area contributed by atoms with E-state index < -0.39 is 0 Å². The molecule has 1 N–H and O–H groups in total. The zero-order valence-corrected chi connectivity index (χ0v) is 14.3. The molecule has 1 saturated carbocycles. The van der Waals surface area contributed by atoms with Crippen LogP contribution in [0.3, 0.4) is 0 Å². The summed E-state index contributed by atoms with van der Waals surface area (Å²) in [7, 11) is 4.06. The Morgan fingerprint density at radius 3 is 2.20 bits per heavy atom. The number of hydrogen-bond donors (Lipinski definition) is 1. The van der Waals surface area contributed by atoms with Crippen LogP contribution in [-0.2, 0) is 4.74 Å². The highest BCUT2D eigenvalue weighted by Gasteiger charge is 2.39. The van der Waals surface area contributed by atoms with Crippen molar-refractivity contribution in [1.29, 1.82) is 0 Å². The lowest BCUT2D eigenvalue weighted by molar-refractivity contribution is -0.0569. The van der Waals surface area contributed by atoms with Crippen LogP contribution in [0.4, 0.5) is 0 Å². The minimum Gasteiger partial charge on any atom is -0.377 e. The number of rotatable bonds is 9. The zero-order valence-electron chi connectivity index (χ0n) is 14.3. The normalized spacial score (nSPS) is 22.2. The third-order valence-corrected chi connectivity index (χ3v) is 5.45. The maximum Gasteiger partial charge on any atom is 0.0830 e. The van der Waals surface area contributed by atoms with Gasteiger partial charge in [-0.15, -0.1) is 0 Å². The number of ether oxygens (including phenoxy) is 1. The van der Waals surface area contributed by atoms with Crippen molar-refractivity contribution in [3.63, 3.8) is 0 Å². The first kappa shape index (κ1) is 18.0. The summed E-state index contributed by atoms with van der Waals surface area (Å²) in [5.74, 6) is 0.850. The average Bonchev–Trinajstić information content (AvgIpc) is 2.74. The van der Waals surface area contributed by atoms with Crippen molar-refractivity contribution in [3.05, 3.63) is 0 Å². The maximum atomic E-state index is 6.10. The van der Waals surface area contributed by atoms with E-state index in [0.29, 0.717) is 6.04 Å². The molecule has 120 valence electrons. The Hall–Kier alpha value is -0.0800. The molecular formula is C18H37NO. The van der Waals surface area contributed by atoms with Crippen molar-refractivity contribution in [2.75, 3.05) is 14.2 Å². The van der Waals surface area contributed by atoms with Gasteiger partial charge in [0.2, 0.25) is 0 Å². The molecule has 0 bridgehead atoms. The fraction of sp³-hybridized carbons (Fsp3) is 1.00. The van der Waals surface area contributed by atoms with Gasteiger partial charge in [-0.3, -0.25) is 0 Å². The van der Waals surface area contributed by atoms with E-state index in [2.05, 4.69) is 26.2 Å². The third-order valence-electron chi connectivity index (χ3n) is 5.45. The summed E-state index contributed by atoms with van der Waals surface area (Å²) in [4.78, 5) is 0. The van der Waals surface area contributed by atoms with Crippen LogP contribution >= 0.6 is 0 Å². The molecular weight excluding hydrogens is 246 g/mol. The standard InChI is InChI=1S/C18H37NO/c1-5-7-12-16(6-2)15-17(19-3)18(20-4)13-10-8-9-11-14-18/h16-17,19H,5-15H2,1-4H3. The number of unbranched alkanes of at least 4 members (excludes halogenated alkanes) is 1. The Morgan fingerprint density at radius 1 is 1.10 bits per heavy atom. The van der Waals surface area contributed by atoms with Gasteiger partial charge < -0.3 is 10.1 Å². The number of methoxy groups -OCH3 is 1. The van der Waals surface area contributed by atoms with Gasteiger partial charge in [0.05, 0.1) is 5.60 Å².